The lowest BCUT2D eigenvalue weighted by molar-refractivity contribution is 1.17. The van der Waals surface area contributed by atoms with Crippen LogP contribution in [0.15, 0.2) is 49.2 Å². The van der Waals surface area contributed by atoms with Crippen molar-refractivity contribution >= 4 is 35.0 Å². The van der Waals surface area contributed by atoms with Crippen LogP contribution < -0.4 is 11.5 Å². The topological polar surface area (TPSA) is 104 Å². The molecule has 2 aromatic heterocycles. The van der Waals surface area contributed by atoms with E-state index in [1.165, 1.54) is 12.5 Å². The second-order valence-corrected chi connectivity index (χ2v) is 4.82. The van der Waals surface area contributed by atoms with Crippen molar-refractivity contribution in [3.8, 4) is 11.1 Å². The van der Waals surface area contributed by atoms with Gasteiger partial charge in [0.15, 0.2) is 0 Å². The number of nitrogen functional groups attached to an aromatic ring is 2. The minimum absolute atomic E-state index is 0.124. The van der Waals surface area contributed by atoms with E-state index in [1.54, 1.807) is 36.7 Å². The van der Waals surface area contributed by atoms with Crippen molar-refractivity contribution in [2.75, 3.05) is 11.5 Å². The van der Waals surface area contributed by atoms with Gasteiger partial charge in [-0.2, -0.15) is 4.98 Å². The molecule has 4 N–H and O–H groups in total. The zero-order chi connectivity index (χ0) is 15.9. The molecule has 0 spiro atoms. The molecule has 0 aliphatic carbocycles. The van der Waals surface area contributed by atoms with Crippen molar-refractivity contribution in [2.24, 2.45) is 0 Å². The molecule has 0 amide bonds. The van der Waals surface area contributed by atoms with E-state index >= 15 is 0 Å². The van der Waals surface area contributed by atoms with Gasteiger partial charge in [-0.1, -0.05) is 35.3 Å². The van der Waals surface area contributed by atoms with Gasteiger partial charge in [0.2, 0.25) is 5.95 Å². The summed E-state index contributed by atoms with van der Waals surface area (Å²) in [7, 11) is 0. The first-order valence-corrected chi connectivity index (χ1v) is 6.87. The molecule has 3 rings (SSSR count). The van der Waals surface area contributed by atoms with Gasteiger partial charge in [-0.3, -0.25) is 0 Å². The van der Waals surface area contributed by atoms with Crippen LogP contribution in [0.1, 0.15) is 0 Å². The zero-order valence-corrected chi connectivity index (χ0v) is 12.8. The van der Waals surface area contributed by atoms with Gasteiger partial charge in [-0.15, -0.1) is 0 Å². The third kappa shape index (κ3) is 4.03. The first-order valence-electron chi connectivity index (χ1n) is 6.12. The molecule has 0 saturated heterocycles. The van der Waals surface area contributed by atoms with Gasteiger partial charge in [-0.25, -0.2) is 15.0 Å². The summed E-state index contributed by atoms with van der Waals surface area (Å²) >= 11 is 12.0. The Morgan fingerprint density at radius 3 is 2.18 bits per heavy atom. The number of anilines is 2. The SMILES string of the molecule is Nc1ncc(-c2cccc(Cl)c2Cl)c(N)n1.c1cncnc1. The summed E-state index contributed by atoms with van der Waals surface area (Å²) in [6.07, 6.45) is 6.40. The molecule has 0 unspecified atom stereocenters. The molecule has 22 heavy (non-hydrogen) atoms. The lowest BCUT2D eigenvalue weighted by Crippen LogP contribution is -2.01. The first kappa shape index (κ1) is 15.9. The summed E-state index contributed by atoms with van der Waals surface area (Å²) < 4.78 is 0. The summed E-state index contributed by atoms with van der Waals surface area (Å²) in [5, 5.41) is 0.875. The maximum Gasteiger partial charge on any atom is 0.221 e. The Hall–Kier alpha value is -2.44. The molecule has 0 bridgehead atoms. The van der Waals surface area contributed by atoms with Gasteiger partial charge in [0.1, 0.15) is 12.1 Å². The zero-order valence-electron chi connectivity index (χ0n) is 11.3. The van der Waals surface area contributed by atoms with Gasteiger partial charge >= 0.3 is 0 Å². The Kier molecular flexibility index (Phi) is 5.46. The number of hydrogen-bond donors (Lipinski definition) is 2. The smallest absolute Gasteiger partial charge is 0.221 e. The van der Waals surface area contributed by atoms with E-state index in [2.05, 4.69) is 19.9 Å². The number of rotatable bonds is 1. The van der Waals surface area contributed by atoms with Gasteiger partial charge in [0.05, 0.1) is 10.0 Å². The van der Waals surface area contributed by atoms with E-state index in [4.69, 9.17) is 34.7 Å². The van der Waals surface area contributed by atoms with Crippen LogP contribution in [-0.4, -0.2) is 19.9 Å². The predicted molar refractivity (Wildman–Crippen MR) is 88.3 cm³/mol. The van der Waals surface area contributed by atoms with Crippen molar-refractivity contribution in [3.05, 3.63) is 59.2 Å². The van der Waals surface area contributed by atoms with Crippen LogP contribution >= 0.6 is 23.2 Å². The number of nitrogens with two attached hydrogens (primary N) is 2. The van der Waals surface area contributed by atoms with Crippen molar-refractivity contribution in [3.63, 3.8) is 0 Å². The molecule has 112 valence electrons. The Balaban J connectivity index is 0.000000246. The first-order chi connectivity index (χ1) is 10.6. The standard InChI is InChI=1S/C10H8Cl2N4.C4H4N2/c11-7-3-1-2-5(8(7)12)6-4-15-10(14)16-9(6)13;1-2-5-4-6-3-1/h1-4H,(H4,13,14,15,16);1-4H. The average Bonchev–Trinajstić information content (AvgIpc) is 2.53. The predicted octanol–water partition coefficient (Wildman–Crippen LogP) is 3.09. The highest BCUT2D eigenvalue weighted by Crippen LogP contribution is 2.35. The number of aromatic nitrogens is 4. The monoisotopic (exact) mass is 334 g/mol. The molecule has 3 aromatic rings. The molecule has 0 atom stereocenters. The molecular weight excluding hydrogens is 323 g/mol. The molecule has 6 nitrogen and oxygen atoms in total. The molecule has 0 saturated carbocycles. The lowest BCUT2D eigenvalue weighted by Gasteiger charge is -2.07. The largest absolute Gasteiger partial charge is 0.383 e. The number of halogens is 2. The normalized spacial score (nSPS) is 9.73. The maximum atomic E-state index is 6.07. The van der Waals surface area contributed by atoms with Crippen LogP contribution in [0.4, 0.5) is 11.8 Å². The van der Waals surface area contributed by atoms with Gasteiger partial charge in [0, 0.05) is 29.7 Å². The van der Waals surface area contributed by atoms with E-state index < -0.39 is 0 Å². The minimum atomic E-state index is 0.124. The number of benzene rings is 1. The van der Waals surface area contributed by atoms with Gasteiger partial charge in [-0.05, 0) is 12.1 Å². The van der Waals surface area contributed by atoms with E-state index in [-0.39, 0.29) is 11.8 Å². The molecular formula is C14H12Cl2N6. The van der Waals surface area contributed by atoms with E-state index in [9.17, 15) is 0 Å². The summed E-state index contributed by atoms with van der Waals surface area (Å²) in [6.45, 7) is 0. The number of hydrogen-bond acceptors (Lipinski definition) is 6. The summed E-state index contributed by atoms with van der Waals surface area (Å²) in [4.78, 5) is 15.1. The highest BCUT2D eigenvalue weighted by atomic mass is 35.5. The molecule has 0 radical (unpaired) electrons. The molecule has 2 heterocycles. The fourth-order valence-corrected chi connectivity index (χ4v) is 1.98. The van der Waals surface area contributed by atoms with Gasteiger partial charge < -0.3 is 11.5 Å². The Bertz CT molecular complexity index is 725. The summed E-state index contributed by atoms with van der Waals surface area (Å²) in [5.74, 6) is 0.399. The van der Waals surface area contributed by atoms with Crippen LogP contribution in [0.3, 0.4) is 0 Å². The second kappa shape index (κ2) is 7.53. The van der Waals surface area contributed by atoms with Crippen LogP contribution in [0.2, 0.25) is 10.0 Å². The molecule has 1 aromatic carbocycles. The third-order valence-corrected chi connectivity index (χ3v) is 3.38. The highest BCUT2D eigenvalue weighted by molar-refractivity contribution is 6.43. The molecule has 8 heteroatoms. The fourth-order valence-electron chi connectivity index (χ4n) is 1.58. The fraction of sp³-hybridized carbons (Fsp3) is 0. The van der Waals surface area contributed by atoms with Gasteiger partial charge in [0.25, 0.3) is 0 Å². The van der Waals surface area contributed by atoms with Crippen molar-refractivity contribution < 1.29 is 0 Å². The van der Waals surface area contributed by atoms with Crippen LogP contribution in [-0.2, 0) is 0 Å². The quantitative estimate of drug-likeness (QED) is 0.708. The number of nitrogens with zero attached hydrogens (tertiary/aromatic N) is 4. The van der Waals surface area contributed by atoms with E-state index in [0.717, 1.165) is 0 Å². The summed E-state index contributed by atoms with van der Waals surface area (Å²) in [6, 6.07) is 7.04. The Morgan fingerprint density at radius 2 is 1.64 bits per heavy atom. The molecule has 0 fully saturated rings. The van der Waals surface area contributed by atoms with E-state index in [0.29, 0.717) is 21.2 Å². The van der Waals surface area contributed by atoms with Crippen molar-refractivity contribution in [2.45, 2.75) is 0 Å². The molecule has 0 aliphatic heterocycles. The lowest BCUT2D eigenvalue weighted by atomic mass is 10.1. The van der Waals surface area contributed by atoms with Crippen LogP contribution in [0.25, 0.3) is 11.1 Å². The Morgan fingerprint density at radius 1 is 0.909 bits per heavy atom. The second-order valence-electron chi connectivity index (χ2n) is 4.03. The van der Waals surface area contributed by atoms with Crippen LogP contribution in [0, 0.1) is 0 Å². The molecule has 0 aliphatic rings. The summed E-state index contributed by atoms with van der Waals surface area (Å²) in [5.41, 5.74) is 12.5. The average molecular weight is 335 g/mol. The Labute approximate surface area is 137 Å². The third-order valence-electron chi connectivity index (χ3n) is 2.56. The maximum absolute atomic E-state index is 6.07. The van der Waals surface area contributed by atoms with E-state index in [1.807, 2.05) is 0 Å². The van der Waals surface area contributed by atoms with Crippen LogP contribution in [0.5, 0.6) is 0 Å². The van der Waals surface area contributed by atoms with Crippen molar-refractivity contribution in [1.29, 1.82) is 0 Å². The highest BCUT2D eigenvalue weighted by Gasteiger charge is 2.11. The minimum Gasteiger partial charge on any atom is -0.383 e. The van der Waals surface area contributed by atoms with Crippen molar-refractivity contribution in [1.82, 2.24) is 19.9 Å².